The maximum absolute atomic E-state index is 14.8. The predicted molar refractivity (Wildman–Crippen MR) is 142 cm³/mol. The highest BCUT2D eigenvalue weighted by molar-refractivity contribution is 6.05. The first-order valence-electron chi connectivity index (χ1n) is 12.2. The Hall–Kier alpha value is -4.04. The number of halogens is 2. The van der Waals surface area contributed by atoms with E-state index in [1.807, 2.05) is 18.4 Å². The number of hydrogen-bond donors (Lipinski definition) is 3. The highest BCUT2D eigenvalue weighted by Crippen LogP contribution is 2.44. The Balaban J connectivity index is 0.00000156. The first-order valence-corrected chi connectivity index (χ1v) is 12.2. The van der Waals surface area contributed by atoms with Crippen molar-refractivity contribution in [1.29, 1.82) is 5.41 Å². The van der Waals surface area contributed by atoms with E-state index in [4.69, 9.17) is 15.9 Å². The summed E-state index contributed by atoms with van der Waals surface area (Å²) in [6, 6.07) is 13.8. The normalized spacial score (nSPS) is 13.7. The largest absolute Gasteiger partial charge is 0.478 e. The zero-order valence-corrected chi connectivity index (χ0v) is 20.7. The number of fused-ring (bicyclic) bond motifs is 1. The van der Waals surface area contributed by atoms with Crippen LogP contribution in [0, 0.1) is 17.0 Å². The van der Waals surface area contributed by atoms with Crippen LogP contribution in [0.3, 0.4) is 0 Å². The molecule has 0 bridgehead atoms. The number of nitrogens with one attached hydrogen (secondary N) is 1. The monoisotopic (exact) mass is 505 g/mol. The van der Waals surface area contributed by atoms with Crippen molar-refractivity contribution in [2.24, 2.45) is 0 Å². The lowest BCUT2D eigenvalue weighted by molar-refractivity contribution is 0.0692. The number of rotatable bonds is 5. The third-order valence-electron chi connectivity index (χ3n) is 6.55. The van der Waals surface area contributed by atoms with Crippen molar-refractivity contribution in [3.05, 3.63) is 83.1 Å². The summed E-state index contributed by atoms with van der Waals surface area (Å²) in [7, 11) is 0. The van der Waals surface area contributed by atoms with Gasteiger partial charge in [-0.25, -0.2) is 13.6 Å². The maximum atomic E-state index is 14.8. The van der Waals surface area contributed by atoms with Crippen molar-refractivity contribution >= 4 is 28.8 Å². The number of nitrogen functional groups attached to an aromatic ring is 1. The summed E-state index contributed by atoms with van der Waals surface area (Å²) >= 11 is 0. The third-order valence-corrected chi connectivity index (χ3v) is 6.55. The molecule has 4 aromatic rings. The van der Waals surface area contributed by atoms with Crippen molar-refractivity contribution < 1.29 is 23.4 Å². The summed E-state index contributed by atoms with van der Waals surface area (Å²) in [6.07, 6.45) is 2.63. The molecule has 1 fully saturated rings. The average Bonchev–Trinajstić information content (AvgIpc) is 3.23. The molecule has 0 saturated carbocycles. The summed E-state index contributed by atoms with van der Waals surface area (Å²) in [4.78, 5) is 11.4. The molecule has 192 valence electrons. The van der Waals surface area contributed by atoms with Gasteiger partial charge in [-0.05, 0) is 66.9 Å². The number of ether oxygens (including phenoxy) is 1. The lowest BCUT2D eigenvalue weighted by Gasteiger charge is -2.26. The minimum Gasteiger partial charge on any atom is -0.478 e. The van der Waals surface area contributed by atoms with Gasteiger partial charge in [-0.1, -0.05) is 19.9 Å². The number of benzene rings is 3. The number of anilines is 1. The number of aromatic nitrogens is 1. The van der Waals surface area contributed by atoms with E-state index in [-0.39, 0.29) is 11.7 Å². The van der Waals surface area contributed by atoms with E-state index >= 15 is 0 Å². The molecule has 4 N–H and O–H groups in total. The summed E-state index contributed by atoms with van der Waals surface area (Å²) in [6.45, 7) is 5.13. The molecule has 3 aromatic carbocycles. The van der Waals surface area contributed by atoms with E-state index < -0.39 is 17.3 Å². The number of carboxylic acids is 1. The number of carboxylic acid groups (broad SMARTS) is 1. The molecule has 1 saturated heterocycles. The lowest BCUT2D eigenvalue weighted by Crippen LogP contribution is -2.17. The van der Waals surface area contributed by atoms with Gasteiger partial charge in [0.25, 0.3) is 0 Å². The standard InChI is InChI=1S/C27H23F2N3O3.C2H6/c28-18-2-4-19(5-3-18)32-24-12-17(14-30)23(31)13-21(24)25(26(32)15-7-9-35-10-8-15)16-1-6-20(27(33)34)22(29)11-16;1-2/h1-6,11-15,30H,7-10,31H2,(H,33,34);1-2H3. The van der Waals surface area contributed by atoms with Gasteiger partial charge in [-0.2, -0.15) is 0 Å². The quantitative estimate of drug-likeness (QED) is 0.206. The van der Waals surface area contributed by atoms with E-state index in [9.17, 15) is 18.7 Å². The van der Waals surface area contributed by atoms with Crippen LogP contribution >= 0.6 is 0 Å². The van der Waals surface area contributed by atoms with Crippen LogP contribution in [0.15, 0.2) is 54.6 Å². The van der Waals surface area contributed by atoms with Crippen molar-refractivity contribution in [3.8, 4) is 16.8 Å². The first kappa shape index (κ1) is 26.0. The van der Waals surface area contributed by atoms with Gasteiger partial charge >= 0.3 is 5.97 Å². The molecule has 0 aliphatic carbocycles. The second kappa shape index (κ2) is 10.9. The molecule has 1 aliphatic heterocycles. The van der Waals surface area contributed by atoms with E-state index in [1.165, 1.54) is 30.5 Å². The zero-order valence-electron chi connectivity index (χ0n) is 20.7. The van der Waals surface area contributed by atoms with Crippen molar-refractivity contribution in [3.63, 3.8) is 0 Å². The second-order valence-corrected chi connectivity index (χ2v) is 8.60. The van der Waals surface area contributed by atoms with Crippen molar-refractivity contribution in [2.45, 2.75) is 32.6 Å². The first-order chi connectivity index (χ1) is 17.9. The average molecular weight is 506 g/mol. The van der Waals surface area contributed by atoms with Crippen LogP contribution in [-0.2, 0) is 4.74 Å². The molecular weight excluding hydrogens is 476 g/mol. The molecule has 0 amide bonds. The smallest absolute Gasteiger partial charge is 0.338 e. The lowest BCUT2D eigenvalue weighted by atomic mass is 9.89. The summed E-state index contributed by atoms with van der Waals surface area (Å²) in [5, 5.41) is 17.8. The van der Waals surface area contributed by atoms with Crippen LogP contribution in [0.4, 0.5) is 14.5 Å². The highest BCUT2D eigenvalue weighted by atomic mass is 19.1. The summed E-state index contributed by atoms with van der Waals surface area (Å²) < 4.78 is 36.2. The topological polar surface area (TPSA) is 101 Å². The SMILES string of the molecule is CC.N=Cc1cc2c(cc1N)c(-c1ccc(C(=O)O)c(F)c1)c(C1CCOCC1)n2-c1ccc(F)cc1. The molecule has 8 heteroatoms. The molecule has 6 nitrogen and oxygen atoms in total. The fraction of sp³-hybridized carbons (Fsp3) is 0.241. The van der Waals surface area contributed by atoms with Gasteiger partial charge in [0.2, 0.25) is 0 Å². The van der Waals surface area contributed by atoms with Gasteiger partial charge < -0.3 is 25.6 Å². The Kier molecular flexibility index (Phi) is 7.69. The Morgan fingerprint density at radius 2 is 1.76 bits per heavy atom. The summed E-state index contributed by atoms with van der Waals surface area (Å²) in [5.41, 5.74) is 10.4. The van der Waals surface area contributed by atoms with Gasteiger partial charge in [0.1, 0.15) is 11.6 Å². The second-order valence-electron chi connectivity index (χ2n) is 8.60. The molecule has 0 atom stereocenters. The Bertz CT molecular complexity index is 1460. The Morgan fingerprint density at radius 1 is 1.08 bits per heavy atom. The molecule has 2 heterocycles. The van der Waals surface area contributed by atoms with Crippen LogP contribution in [-0.4, -0.2) is 35.1 Å². The molecular formula is C29H29F2N3O3. The Morgan fingerprint density at radius 3 is 2.35 bits per heavy atom. The highest BCUT2D eigenvalue weighted by Gasteiger charge is 2.29. The number of nitrogens with zero attached hydrogens (tertiary/aromatic N) is 1. The van der Waals surface area contributed by atoms with Crippen LogP contribution < -0.4 is 5.73 Å². The van der Waals surface area contributed by atoms with Crippen molar-refractivity contribution in [1.82, 2.24) is 4.57 Å². The molecule has 0 radical (unpaired) electrons. The minimum absolute atomic E-state index is 0.0445. The van der Waals surface area contributed by atoms with Crippen LogP contribution in [0.2, 0.25) is 0 Å². The molecule has 1 aromatic heterocycles. The van der Waals surface area contributed by atoms with Gasteiger partial charge in [0, 0.05) is 58.9 Å². The van der Waals surface area contributed by atoms with Crippen LogP contribution in [0.5, 0.6) is 0 Å². The van der Waals surface area contributed by atoms with Crippen LogP contribution in [0.1, 0.15) is 54.2 Å². The predicted octanol–water partition coefficient (Wildman–Crippen LogP) is 6.77. The minimum atomic E-state index is -1.34. The van der Waals surface area contributed by atoms with Gasteiger partial charge in [-0.15, -0.1) is 0 Å². The molecule has 1 aliphatic rings. The molecule has 5 rings (SSSR count). The van der Waals surface area contributed by atoms with Gasteiger partial charge in [-0.3, -0.25) is 0 Å². The molecule has 37 heavy (non-hydrogen) atoms. The third kappa shape index (κ3) is 4.84. The fourth-order valence-corrected chi connectivity index (χ4v) is 4.88. The van der Waals surface area contributed by atoms with E-state index in [1.54, 1.807) is 30.3 Å². The van der Waals surface area contributed by atoms with Crippen LogP contribution in [0.25, 0.3) is 27.7 Å². The maximum Gasteiger partial charge on any atom is 0.338 e. The fourth-order valence-electron chi connectivity index (χ4n) is 4.88. The van der Waals surface area contributed by atoms with E-state index in [0.29, 0.717) is 35.7 Å². The number of hydrogen-bond acceptors (Lipinski definition) is 4. The number of aromatic carboxylic acids is 1. The van der Waals surface area contributed by atoms with E-state index in [2.05, 4.69) is 0 Å². The zero-order chi connectivity index (χ0) is 26.7. The molecule has 0 unspecified atom stereocenters. The van der Waals surface area contributed by atoms with Gasteiger partial charge in [0.05, 0.1) is 11.1 Å². The Labute approximate surface area is 213 Å². The van der Waals surface area contributed by atoms with E-state index in [0.717, 1.165) is 35.0 Å². The number of carbonyl (C=O) groups is 1. The number of nitrogens with two attached hydrogens (primary N) is 1. The van der Waals surface area contributed by atoms with Crippen molar-refractivity contribution in [2.75, 3.05) is 18.9 Å². The van der Waals surface area contributed by atoms with Gasteiger partial charge in [0.15, 0.2) is 0 Å². The molecule has 0 spiro atoms. The summed E-state index contributed by atoms with van der Waals surface area (Å²) in [5.74, 6) is -2.50.